The molecule has 3 nitrogen and oxygen atoms in total. The van der Waals surface area contributed by atoms with Crippen molar-refractivity contribution in [1.29, 1.82) is 0 Å². The molecule has 0 atom stereocenters. The molecule has 0 unspecified atom stereocenters. The minimum Gasteiger partial charge on any atom is -0.277 e. The lowest BCUT2D eigenvalue weighted by atomic mass is 9.82. The van der Waals surface area contributed by atoms with Crippen molar-refractivity contribution in [1.82, 2.24) is 14.5 Å². The van der Waals surface area contributed by atoms with Crippen molar-refractivity contribution < 1.29 is 0 Å². The predicted octanol–water partition coefficient (Wildman–Crippen LogP) is 16.8. The Morgan fingerprint density at radius 1 is 0.439 bits per heavy atom. The van der Waals surface area contributed by atoms with Crippen molar-refractivity contribution in [3.63, 3.8) is 0 Å². The first-order valence-electron chi connectivity index (χ1n) is 22.7. The molecule has 2 aromatic heterocycles. The van der Waals surface area contributed by atoms with E-state index < -0.39 is 0 Å². The Morgan fingerprint density at radius 2 is 1.03 bits per heavy atom. The molecule has 0 spiro atoms. The maximum atomic E-state index is 5.65. The zero-order valence-electron chi connectivity index (χ0n) is 36.8. The topological polar surface area (TPSA) is 30.7 Å². The van der Waals surface area contributed by atoms with Crippen LogP contribution >= 0.6 is 0 Å². The molecule has 0 fully saturated rings. The van der Waals surface area contributed by atoms with Crippen LogP contribution in [0, 0.1) is 0 Å². The number of hydrogen-bond acceptors (Lipinski definition) is 2. The van der Waals surface area contributed by atoms with Crippen molar-refractivity contribution in [2.75, 3.05) is 0 Å². The van der Waals surface area contributed by atoms with Gasteiger partial charge in [0.05, 0.1) is 22.2 Å². The fourth-order valence-electron chi connectivity index (χ4n) is 11.3. The maximum absolute atomic E-state index is 5.65. The van der Waals surface area contributed by atoms with E-state index >= 15 is 0 Å². The molecule has 12 aromatic rings. The van der Waals surface area contributed by atoms with Gasteiger partial charge in [-0.2, -0.15) is 0 Å². The monoisotopic (exact) mass is 841 g/mol. The summed E-state index contributed by atoms with van der Waals surface area (Å²) >= 11 is 0. The third-order valence-electron chi connectivity index (χ3n) is 14.4. The van der Waals surface area contributed by atoms with Crippen LogP contribution in [0.15, 0.2) is 201 Å². The Kier molecular flexibility index (Phi) is 8.26. The van der Waals surface area contributed by atoms with E-state index in [0.717, 1.165) is 82.6 Å². The van der Waals surface area contributed by atoms with E-state index in [1.807, 2.05) is 12.2 Å². The quantitative estimate of drug-likeness (QED) is 0.167. The Bertz CT molecular complexity index is 4050. The fraction of sp³-hybridized carbons (Fsp3) is 0.0476. The van der Waals surface area contributed by atoms with Gasteiger partial charge < -0.3 is 0 Å². The summed E-state index contributed by atoms with van der Waals surface area (Å²) in [5.41, 5.74) is 16.8. The second-order valence-electron chi connectivity index (χ2n) is 18.1. The smallest absolute Gasteiger partial charge is 0.235 e. The van der Waals surface area contributed by atoms with Gasteiger partial charge in [-0.25, -0.2) is 9.97 Å². The lowest BCUT2D eigenvalue weighted by molar-refractivity contribution is 0.661. The van der Waals surface area contributed by atoms with E-state index in [0.29, 0.717) is 5.95 Å². The molecule has 1 aliphatic rings. The minimum atomic E-state index is -0.143. The Hall–Kier alpha value is -8.40. The lowest BCUT2D eigenvalue weighted by Crippen LogP contribution is -2.14. The van der Waals surface area contributed by atoms with Crippen LogP contribution in [-0.2, 0) is 5.41 Å². The summed E-state index contributed by atoms with van der Waals surface area (Å²) in [6.45, 7) is 13.5. The summed E-state index contributed by atoms with van der Waals surface area (Å²) in [5, 5.41) is 10.4. The van der Waals surface area contributed by atoms with Crippen LogP contribution in [0.2, 0.25) is 0 Å². The number of nitrogens with zero attached hydrogens (tertiary/aromatic N) is 3. The number of fused-ring (bicyclic) bond motifs is 12. The summed E-state index contributed by atoms with van der Waals surface area (Å²) in [4.78, 5) is 11.1. The molecule has 1 aliphatic carbocycles. The van der Waals surface area contributed by atoms with Gasteiger partial charge in [-0.15, -0.1) is 0 Å². The number of rotatable bonds is 6. The molecule has 0 saturated heterocycles. The molecule has 2 heterocycles. The number of hydrogen-bond donors (Lipinski definition) is 0. The van der Waals surface area contributed by atoms with Gasteiger partial charge in [-0.05, 0) is 89.1 Å². The van der Waals surface area contributed by atoms with E-state index in [-0.39, 0.29) is 5.41 Å². The van der Waals surface area contributed by atoms with Gasteiger partial charge in [-0.3, -0.25) is 4.57 Å². The van der Waals surface area contributed by atoms with Gasteiger partial charge in [0, 0.05) is 38.1 Å². The average molecular weight is 842 g/mol. The van der Waals surface area contributed by atoms with Crippen LogP contribution in [-0.4, -0.2) is 14.5 Å². The van der Waals surface area contributed by atoms with Crippen molar-refractivity contribution in [3.8, 4) is 50.6 Å². The highest BCUT2D eigenvalue weighted by atomic mass is 15.2. The van der Waals surface area contributed by atoms with Gasteiger partial charge in [0.1, 0.15) is 0 Å². The van der Waals surface area contributed by atoms with Crippen molar-refractivity contribution in [2.24, 2.45) is 0 Å². The first-order valence-corrected chi connectivity index (χ1v) is 22.7. The second-order valence-corrected chi connectivity index (χ2v) is 18.1. The zero-order chi connectivity index (χ0) is 44.3. The second kappa shape index (κ2) is 14.3. The number of aromatic nitrogens is 3. The van der Waals surface area contributed by atoms with Crippen LogP contribution in [0.4, 0.5) is 0 Å². The highest BCUT2D eigenvalue weighted by molar-refractivity contribution is 6.25. The van der Waals surface area contributed by atoms with E-state index in [1.54, 1.807) is 0 Å². The summed E-state index contributed by atoms with van der Waals surface area (Å²) in [5.74, 6) is 0.611. The van der Waals surface area contributed by atoms with E-state index in [2.05, 4.69) is 220 Å². The molecule has 66 heavy (non-hydrogen) atoms. The number of para-hydroxylation sites is 2. The molecule has 13 rings (SSSR count). The van der Waals surface area contributed by atoms with Gasteiger partial charge in [0.2, 0.25) is 5.95 Å². The summed E-state index contributed by atoms with van der Waals surface area (Å²) in [6.07, 6.45) is 3.97. The Balaban J connectivity index is 1.11. The average Bonchev–Trinajstić information content (AvgIpc) is 3.84. The van der Waals surface area contributed by atoms with Gasteiger partial charge >= 0.3 is 0 Å². The highest BCUT2D eigenvalue weighted by Crippen LogP contribution is 2.53. The van der Waals surface area contributed by atoms with E-state index in [4.69, 9.17) is 9.97 Å². The molecule has 0 radical (unpaired) electrons. The molecule has 0 saturated carbocycles. The van der Waals surface area contributed by atoms with Crippen LogP contribution in [0.1, 0.15) is 36.1 Å². The molecule has 0 aliphatic heterocycles. The van der Waals surface area contributed by atoms with Crippen LogP contribution < -0.4 is 0 Å². The molecule has 0 amide bonds. The predicted molar refractivity (Wildman–Crippen MR) is 280 cm³/mol. The molecular weight excluding hydrogens is 799 g/mol. The summed E-state index contributed by atoms with van der Waals surface area (Å²) < 4.78 is 2.34. The van der Waals surface area contributed by atoms with E-state index in [1.165, 1.54) is 49.4 Å². The standard InChI is InChI=1S/C63H43N3/c1-5-43-44(6-2)58-52-27-16-26-48(42-34-35-54-53(37-42)57-47-21-10-8-18-39(47)33-36-55(57)63(54,3)4)60(52)66(61(58)50-23-12-11-22-49(43)50)62-64-56-28-14-13-24-51(56)59(65-62)41-31-29-40(30-32-41)46-25-15-19-38-17-7-9-20-45(38)46/h5-37H,1-2H2,3-4H3. The molecular formula is C63H43N3. The molecule has 3 heteroatoms. The first kappa shape index (κ1) is 38.1. The summed E-state index contributed by atoms with van der Waals surface area (Å²) in [6, 6.07) is 68.2. The largest absolute Gasteiger partial charge is 0.277 e. The lowest BCUT2D eigenvalue weighted by Gasteiger charge is -2.21. The van der Waals surface area contributed by atoms with Crippen LogP contribution in [0.5, 0.6) is 0 Å². The Morgan fingerprint density at radius 3 is 1.82 bits per heavy atom. The maximum Gasteiger partial charge on any atom is 0.235 e. The van der Waals surface area contributed by atoms with E-state index in [9.17, 15) is 0 Å². The van der Waals surface area contributed by atoms with Crippen molar-refractivity contribution in [2.45, 2.75) is 19.3 Å². The van der Waals surface area contributed by atoms with Gasteiger partial charge in [0.25, 0.3) is 0 Å². The Labute approximate surface area is 383 Å². The third kappa shape index (κ3) is 5.38. The SMILES string of the molecule is C=Cc1c(C=C)c2c3cccc(-c4ccc5c(c4)-c4c(ccc6ccccc46)C5(C)C)c3n(-c3nc(-c4ccc(-c5cccc6ccccc56)cc4)c4ccccc4n3)c2c2ccccc12. The fourth-order valence-corrected chi connectivity index (χ4v) is 11.3. The van der Waals surface area contributed by atoms with Crippen molar-refractivity contribution in [3.05, 3.63) is 223 Å². The normalized spacial score (nSPS) is 12.9. The third-order valence-corrected chi connectivity index (χ3v) is 14.4. The van der Waals surface area contributed by atoms with Crippen LogP contribution in [0.3, 0.4) is 0 Å². The zero-order valence-corrected chi connectivity index (χ0v) is 36.8. The molecule has 0 N–H and O–H groups in total. The summed E-state index contributed by atoms with van der Waals surface area (Å²) in [7, 11) is 0. The van der Waals surface area contributed by atoms with Crippen molar-refractivity contribution >= 4 is 77.2 Å². The first-order chi connectivity index (χ1) is 32.4. The van der Waals surface area contributed by atoms with Crippen LogP contribution in [0.25, 0.3) is 128 Å². The minimum absolute atomic E-state index is 0.143. The van der Waals surface area contributed by atoms with Gasteiger partial charge in [-0.1, -0.05) is 215 Å². The number of benzene rings is 10. The van der Waals surface area contributed by atoms with Gasteiger partial charge in [0.15, 0.2) is 0 Å². The molecule has 310 valence electrons. The molecule has 0 bridgehead atoms. The highest BCUT2D eigenvalue weighted by Gasteiger charge is 2.37. The molecule has 10 aromatic carbocycles.